The van der Waals surface area contributed by atoms with E-state index in [1.807, 2.05) is 0 Å². The molecule has 0 aromatic carbocycles. The summed E-state index contributed by atoms with van der Waals surface area (Å²) >= 11 is 0. The average Bonchev–Trinajstić information content (AvgIpc) is 0. The van der Waals surface area contributed by atoms with Gasteiger partial charge >= 0.3 is 0 Å². The first-order valence-electron chi connectivity index (χ1n) is 0. The Morgan fingerprint density at radius 1 is 0.333 bits per heavy atom. The molecule has 0 fully saturated rings. The van der Waals surface area contributed by atoms with Gasteiger partial charge in [-0.2, -0.15) is 0 Å². The lowest BCUT2D eigenvalue weighted by Gasteiger charge is -0.345. The summed E-state index contributed by atoms with van der Waals surface area (Å²) in [6, 6.07) is 0. The van der Waals surface area contributed by atoms with Crippen LogP contribution in [0.5, 0.6) is 0 Å². The molecule has 0 aromatic rings. The van der Waals surface area contributed by atoms with Crippen LogP contribution in [0.25, 0.3) is 0 Å². The minimum atomic E-state index is 0. The molecule has 0 aliphatic rings. The van der Waals surface area contributed by atoms with Gasteiger partial charge in [0, 0.05) is 0 Å². The van der Waals surface area contributed by atoms with Crippen LogP contribution in [0.1, 0.15) is 0 Å². The van der Waals surface area contributed by atoms with Gasteiger partial charge in [-0.15, -0.1) is 34.0 Å². The molecule has 0 radical (unpaired) electrons. The third-order valence-electron chi connectivity index (χ3n) is 0. The van der Waals surface area contributed by atoms with Crippen molar-refractivity contribution in [3.05, 3.63) is 0 Å². The van der Waals surface area contributed by atoms with Crippen molar-refractivity contribution in [2.24, 2.45) is 0 Å². The number of hydrogen-bond acceptors (Lipinski definition) is 4. The maximum atomic E-state index is 0. The summed E-state index contributed by atoms with van der Waals surface area (Å²) in [7, 11) is 0. The van der Waals surface area contributed by atoms with Gasteiger partial charge in [0.1, 0.15) is 0 Å². The Balaban J connectivity index is 0. The Morgan fingerprint density at radius 2 is 0.333 bits per heavy atom. The van der Waals surface area contributed by atoms with Gasteiger partial charge in [-0.25, -0.2) is 0 Å². The Labute approximate surface area is 58.9 Å². The summed E-state index contributed by atoms with van der Waals surface area (Å²) in [5.74, 6) is 0. The third-order valence-corrected chi connectivity index (χ3v) is 0. The minimum absolute atomic E-state index is 0. The molecule has 6 heavy (non-hydrogen) atoms. The predicted octanol–water partition coefficient (Wildman–Crippen LogP) is 1.80. The second-order valence-electron chi connectivity index (χ2n) is 0. The third kappa shape index (κ3) is 108. The average molecular weight is 230 g/mol. The highest BCUT2D eigenvalue weighted by atomic mass is 79.9. The van der Waals surface area contributed by atoms with Crippen molar-refractivity contribution in [2.45, 2.75) is 0 Å². The molecular weight excluding hydrogens is 216 g/mol. The van der Waals surface area contributed by atoms with Crippen molar-refractivity contribution in [1.82, 2.24) is 24.6 Å². The van der Waals surface area contributed by atoms with E-state index >= 15 is 0 Å². The standard InChI is InChI=1S/2BrH.4H3N/h2*1H;4*1H3. The summed E-state index contributed by atoms with van der Waals surface area (Å²) in [6.07, 6.45) is 0. The lowest BCUT2D eigenvalue weighted by atomic mass is 14.0. The van der Waals surface area contributed by atoms with Gasteiger partial charge in [0.2, 0.25) is 0 Å². The van der Waals surface area contributed by atoms with Crippen molar-refractivity contribution < 1.29 is 0 Å². The Morgan fingerprint density at radius 3 is 0.333 bits per heavy atom. The quantitative estimate of drug-likeness (QED) is 0.503. The van der Waals surface area contributed by atoms with Gasteiger partial charge in [0.15, 0.2) is 0 Å². The van der Waals surface area contributed by atoms with Crippen LogP contribution in [0.2, 0.25) is 0 Å². The maximum absolute atomic E-state index is 0. The molecule has 0 heterocycles. The molecule has 0 amide bonds. The van der Waals surface area contributed by atoms with Crippen LogP contribution in [0.3, 0.4) is 0 Å². The lowest BCUT2D eigenvalue weighted by molar-refractivity contribution is 2.13. The molecule has 12 N–H and O–H groups in total. The largest absolute Gasteiger partial charge is 0.344 e. The van der Waals surface area contributed by atoms with Gasteiger partial charge in [-0.3, -0.25) is 0 Å². The maximum Gasteiger partial charge on any atom is -0.114 e. The summed E-state index contributed by atoms with van der Waals surface area (Å²) in [5, 5.41) is 0. The zero-order chi connectivity index (χ0) is 0. The Hall–Kier alpha value is 0.800. The first kappa shape index (κ1) is 357. The molecule has 0 atom stereocenters. The topological polar surface area (TPSA) is 140 Å². The fourth-order valence-electron chi connectivity index (χ4n) is 0. The van der Waals surface area contributed by atoms with E-state index in [4.69, 9.17) is 0 Å². The Bertz CT molecular complexity index is 5.51. The smallest absolute Gasteiger partial charge is 0.114 e. The van der Waals surface area contributed by atoms with E-state index in [9.17, 15) is 0 Å². The number of rotatable bonds is 0. The van der Waals surface area contributed by atoms with E-state index in [2.05, 4.69) is 0 Å². The molecule has 0 saturated heterocycles. The van der Waals surface area contributed by atoms with Crippen molar-refractivity contribution in [3.63, 3.8) is 0 Å². The van der Waals surface area contributed by atoms with Gasteiger partial charge in [-0.1, -0.05) is 0 Å². The second kappa shape index (κ2) is 209. The Kier molecular flexibility index (Phi) is 12400. The molecule has 48 valence electrons. The molecular formula is H14Br2N4. The van der Waals surface area contributed by atoms with Gasteiger partial charge in [0.05, 0.1) is 0 Å². The first-order chi connectivity index (χ1) is 0. The van der Waals surface area contributed by atoms with Gasteiger partial charge in [-0.05, 0) is 0 Å². The van der Waals surface area contributed by atoms with Crippen LogP contribution in [0.4, 0.5) is 0 Å². The van der Waals surface area contributed by atoms with Gasteiger partial charge in [0.25, 0.3) is 0 Å². The molecule has 4 nitrogen and oxygen atoms in total. The van der Waals surface area contributed by atoms with Crippen molar-refractivity contribution in [2.75, 3.05) is 0 Å². The monoisotopic (exact) mass is 228 g/mol. The fourth-order valence-corrected chi connectivity index (χ4v) is 0. The fraction of sp³-hybridized carbons (Fsp3) is 0. The molecule has 0 unspecified atom stereocenters. The molecule has 0 aliphatic carbocycles. The highest BCUT2D eigenvalue weighted by Gasteiger charge is -0.113. The second-order valence-corrected chi connectivity index (χ2v) is 0. The zero-order valence-electron chi connectivity index (χ0n) is 3.64. The number of hydrogen-bond donors (Lipinski definition) is 4. The van der Waals surface area contributed by atoms with Crippen molar-refractivity contribution in [3.8, 4) is 0 Å². The molecule has 0 bridgehead atoms. The summed E-state index contributed by atoms with van der Waals surface area (Å²) in [5.41, 5.74) is 0. The molecule has 0 saturated carbocycles. The lowest BCUT2D eigenvalue weighted by Crippen LogP contribution is -0.482. The normalized spacial score (nSPS) is 0. The molecule has 0 aliphatic heterocycles. The summed E-state index contributed by atoms with van der Waals surface area (Å²) in [4.78, 5) is 0. The molecule has 0 aromatic heterocycles. The summed E-state index contributed by atoms with van der Waals surface area (Å²) < 4.78 is 0. The first-order valence-corrected chi connectivity index (χ1v) is 0. The van der Waals surface area contributed by atoms with E-state index in [0.29, 0.717) is 0 Å². The number of halogens is 2. The highest BCUT2D eigenvalue weighted by Crippen LogP contribution is 0.847. The van der Waals surface area contributed by atoms with Crippen molar-refractivity contribution >= 4 is 34.0 Å². The molecule has 6 heteroatoms. The van der Waals surface area contributed by atoms with Crippen molar-refractivity contribution in [1.29, 1.82) is 0 Å². The van der Waals surface area contributed by atoms with Gasteiger partial charge < -0.3 is 24.6 Å². The van der Waals surface area contributed by atoms with Crippen LogP contribution in [0, 0.1) is 0 Å². The van der Waals surface area contributed by atoms with Crippen LogP contribution in [0.15, 0.2) is 0 Å². The zero-order valence-corrected chi connectivity index (χ0v) is 7.07. The van der Waals surface area contributed by atoms with E-state index in [-0.39, 0.29) is 58.6 Å². The van der Waals surface area contributed by atoms with E-state index in [1.54, 1.807) is 0 Å². The SMILES string of the molecule is Br.Br.N.N.N.N. The molecule has 0 spiro atoms. The van der Waals surface area contributed by atoms with Crippen LogP contribution < -0.4 is 24.6 Å². The van der Waals surface area contributed by atoms with E-state index < -0.39 is 0 Å². The van der Waals surface area contributed by atoms with Crippen LogP contribution in [-0.4, -0.2) is 0 Å². The van der Waals surface area contributed by atoms with Crippen LogP contribution >= 0.6 is 34.0 Å². The molecule has 0 rings (SSSR count). The predicted molar refractivity (Wildman–Crippen MR) is 40.7 cm³/mol. The summed E-state index contributed by atoms with van der Waals surface area (Å²) in [6.45, 7) is 0. The van der Waals surface area contributed by atoms with E-state index in [1.165, 1.54) is 0 Å². The van der Waals surface area contributed by atoms with E-state index in [0.717, 1.165) is 0 Å². The minimum Gasteiger partial charge on any atom is -0.344 e. The van der Waals surface area contributed by atoms with Crippen LogP contribution in [-0.2, 0) is 0 Å². The highest BCUT2D eigenvalue weighted by molar-refractivity contribution is 8.93.